The van der Waals surface area contributed by atoms with Gasteiger partial charge in [-0.05, 0) is 87.8 Å². The fourth-order valence-electron chi connectivity index (χ4n) is 5.13. The molecule has 0 unspecified atom stereocenters. The van der Waals surface area contributed by atoms with Crippen LogP contribution in [0.2, 0.25) is 0 Å². The molecule has 1 aromatic carbocycles. The molecular formula is C33H39ClN6O3. The Balaban J connectivity index is 1.49. The van der Waals surface area contributed by atoms with E-state index in [2.05, 4.69) is 39.3 Å². The third-order valence-corrected chi connectivity index (χ3v) is 8.01. The smallest absolute Gasteiger partial charge is 0.259 e. The molecule has 1 fully saturated rings. The van der Waals surface area contributed by atoms with Crippen LogP contribution in [0.25, 0.3) is 0 Å². The number of carbonyl (C=O) groups excluding carboxylic acids is 2. The number of nitrogens with one attached hydrogen (secondary N) is 3. The largest absolute Gasteiger partial charge is 0.361 e. The van der Waals surface area contributed by atoms with Crippen LogP contribution in [-0.4, -0.2) is 40.8 Å². The minimum Gasteiger partial charge on any atom is -0.361 e. The fourth-order valence-corrected chi connectivity index (χ4v) is 5.22. The summed E-state index contributed by atoms with van der Waals surface area (Å²) in [6.07, 6.45) is 12.3. The molecule has 9 nitrogen and oxygen atoms in total. The number of nitrogens with zero attached hydrogens (tertiary/aromatic N) is 3. The number of halogens is 1. The van der Waals surface area contributed by atoms with E-state index in [9.17, 15) is 9.59 Å². The average molecular weight is 603 g/mol. The number of carbonyl (C=O) groups is 2. The van der Waals surface area contributed by atoms with Gasteiger partial charge in [0.05, 0.1) is 11.2 Å². The summed E-state index contributed by atoms with van der Waals surface area (Å²) < 4.78 is 5.04. The standard InChI is InChI=1S/C33H39ClN6O3/c1-6-23-9-10-25-19-27(38-32(29(34)8-3)37-22(5)36-26(7-2)17-23)11-12-30(25)39-31(41)18-24-13-15-40(16-14-24)33(42)28-20-35-43-21(28)4/h6-8,11-12,17,19-20,24,36H,1,5,9-10,13-16,18H2,2-4H3,(H,37,38)(H,39,41)/b23-17+,26-7+,29-8+. The monoisotopic (exact) mass is 602 g/mol. The minimum atomic E-state index is -0.0751. The molecule has 4 rings (SSSR count). The quantitative estimate of drug-likeness (QED) is 0.334. The molecule has 2 amide bonds. The Kier molecular flexibility index (Phi) is 10.8. The maximum Gasteiger partial charge on any atom is 0.259 e. The molecule has 3 N–H and O–H groups in total. The van der Waals surface area contributed by atoms with E-state index in [1.54, 1.807) is 17.9 Å². The normalized spacial score (nSPS) is 20.3. The lowest BCUT2D eigenvalue weighted by Gasteiger charge is -2.31. The van der Waals surface area contributed by atoms with Gasteiger partial charge in [0, 0.05) is 36.6 Å². The van der Waals surface area contributed by atoms with Gasteiger partial charge in [-0.1, -0.05) is 48.1 Å². The maximum absolute atomic E-state index is 13.2. The van der Waals surface area contributed by atoms with Crippen molar-refractivity contribution in [3.05, 3.63) is 101 Å². The van der Waals surface area contributed by atoms with Gasteiger partial charge in [-0.15, -0.1) is 0 Å². The molecule has 0 radical (unpaired) electrons. The predicted octanol–water partition coefficient (Wildman–Crippen LogP) is 6.84. The number of fused-ring (bicyclic) bond motifs is 2. The first-order valence-corrected chi connectivity index (χ1v) is 14.8. The van der Waals surface area contributed by atoms with Crippen LogP contribution < -0.4 is 16.0 Å². The molecule has 0 aliphatic carbocycles. The number of hydrogen-bond donors (Lipinski definition) is 3. The summed E-state index contributed by atoms with van der Waals surface area (Å²) in [6.45, 7) is 14.7. The van der Waals surface area contributed by atoms with Gasteiger partial charge < -0.3 is 25.4 Å². The van der Waals surface area contributed by atoms with Crippen molar-refractivity contribution < 1.29 is 14.1 Å². The zero-order chi connectivity index (χ0) is 30.9. The first kappa shape index (κ1) is 31.6. The highest BCUT2D eigenvalue weighted by Gasteiger charge is 2.27. The summed E-state index contributed by atoms with van der Waals surface area (Å²) in [5, 5.41) is 13.8. The van der Waals surface area contributed by atoms with Gasteiger partial charge in [0.1, 0.15) is 17.1 Å². The molecule has 0 atom stereocenters. The van der Waals surface area contributed by atoms with E-state index in [0.29, 0.717) is 60.4 Å². The summed E-state index contributed by atoms with van der Waals surface area (Å²) in [7, 11) is 0. The summed E-state index contributed by atoms with van der Waals surface area (Å²) >= 11 is 6.49. The van der Waals surface area contributed by atoms with Crippen LogP contribution in [0.5, 0.6) is 0 Å². The highest BCUT2D eigenvalue weighted by molar-refractivity contribution is 6.45. The van der Waals surface area contributed by atoms with Gasteiger partial charge in [-0.25, -0.2) is 4.99 Å². The van der Waals surface area contributed by atoms with Crippen LogP contribution in [0, 0.1) is 12.8 Å². The zero-order valence-corrected chi connectivity index (χ0v) is 25.8. The van der Waals surface area contributed by atoms with E-state index >= 15 is 0 Å². The van der Waals surface area contributed by atoms with Crippen LogP contribution in [0.15, 0.2) is 93.5 Å². The first-order chi connectivity index (χ1) is 20.7. The second kappa shape index (κ2) is 14.7. The number of amides is 2. The van der Waals surface area contributed by atoms with E-state index in [1.165, 1.54) is 6.20 Å². The second-order valence-electron chi connectivity index (χ2n) is 10.6. The number of amidine groups is 1. The fraction of sp³-hybridized carbons (Fsp3) is 0.333. The molecule has 0 saturated carbocycles. The van der Waals surface area contributed by atoms with Crippen molar-refractivity contribution in [3.63, 3.8) is 0 Å². The van der Waals surface area contributed by atoms with Crippen molar-refractivity contribution in [3.8, 4) is 0 Å². The Hall–Kier alpha value is -4.37. The van der Waals surface area contributed by atoms with Crippen LogP contribution in [0.4, 0.5) is 11.4 Å². The molecule has 1 aromatic heterocycles. The average Bonchev–Trinajstić information content (AvgIpc) is 3.44. The lowest BCUT2D eigenvalue weighted by molar-refractivity contribution is -0.117. The number of hydrogen-bond acceptors (Lipinski definition) is 7. The minimum absolute atomic E-state index is 0.0464. The van der Waals surface area contributed by atoms with Crippen molar-refractivity contribution in [2.24, 2.45) is 10.9 Å². The molecule has 43 heavy (non-hydrogen) atoms. The van der Waals surface area contributed by atoms with E-state index < -0.39 is 0 Å². The van der Waals surface area contributed by atoms with Crippen molar-refractivity contribution in [2.75, 3.05) is 23.7 Å². The molecule has 10 heteroatoms. The Labute approximate surface area is 258 Å². The number of allylic oxidation sites excluding steroid dienone is 5. The Morgan fingerprint density at radius 1 is 1.21 bits per heavy atom. The Morgan fingerprint density at radius 3 is 2.63 bits per heavy atom. The maximum atomic E-state index is 13.2. The number of benzene rings is 1. The van der Waals surface area contributed by atoms with E-state index in [-0.39, 0.29) is 17.7 Å². The third kappa shape index (κ3) is 8.35. The topological polar surface area (TPSA) is 112 Å². The Morgan fingerprint density at radius 2 is 1.98 bits per heavy atom. The number of rotatable bonds is 6. The number of anilines is 2. The van der Waals surface area contributed by atoms with Crippen LogP contribution >= 0.6 is 11.6 Å². The lowest BCUT2D eigenvalue weighted by atomic mass is 9.92. The number of aryl methyl sites for hydroxylation is 2. The van der Waals surface area contributed by atoms with E-state index in [0.717, 1.165) is 41.1 Å². The van der Waals surface area contributed by atoms with Crippen LogP contribution in [-0.2, 0) is 11.2 Å². The second-order valence-corrected chi connectivity index (χ2v) is 11.0. The highest BCUT2D eigenvalue weighted by atomic mass is 35.5. The van der Waals surface area contributed by atoms with Gasteiger partial charge >= 0.3 is 0 Å². The molecule has 2 aliphatic heterocycles. The van der Waals surface area contributed by atoms with Gasteiger partial charge in [0.2, 0.25) is 5.91 Å². The van der Waals surface area contributed by atoms with Gasteiger partial charge in [-0.3, -0.25) is 9.59 Å². The lowest BCUT2D eigenvalue weighted by Crippen LogP contribution is -2.39. The van der Waals surface area contributed by atoms with E-state index in [1.807, 2.05) is 50.3 Å². The van der Waals surface area contributed by atoms with Crippen molar-refractivity contribution in [1.82, 2.24) is 15.4 Å². The molecule has 0 spiro atoms. The first-order valence-electron chi connectivity index (χ1n) is 14.5. The molecule has 2 aromatic rings. The number of piperidine rings is 1. The summed E-state index contributed by atoms with van der Waals surface area (Å²) in [5.41, 5.74) is 4.88. The zero-order valence-electron chi connectivity index (χ0n) is 25.0. The van der Waals surface area contributed by atoms with Crippen molar-refractivity contribution in [2.45, 2.75) is 52.9 Å². The summed E-state index contributed by atoms with van der Waals surface area (Å²) in [6, 6.07) is 5.80. The number of likely N-dealkylation sites (tertiary alicyclic amines) is 1. The molecule has 226 valence electrons. The highest BCUT2D eigenvalue weighted by Crippen LogP contribution is 2.28. The molecular weight excluding hydrogens is 564 g/mol. The summed E-state index contributed by atoms with van der Waals surface area (Å²) in [5.74, 6) is 1.47. The third-order valence-electron chi connectivity index (χ3n) is 7.61. The Bertz CT molecular complexity index is 1510. The van der Waals surface area contributed by atoms with Crippen LogP contribution in [0.1, 0.15) is 61.2 Å². The van der Waals surface area contributed by atoms with Gasteiger partial charge in [0.25, 0.3) is 5.91 Å². The SMILES string of the molecule is C=C/C1=C\C(=C/C)NC(=C)/N=C(\C(Cl)=C/C)Nc2ccc(NC(=O)CC3CCN(C(=O)c4cnoc4C)CC3)c(c2)CC1. The molecule has 2 aliphatic rings. The molecule has 2 bridgehead atoms. The molecule has 3 heterocycles. The van der Waals surface area contributed by atoms with E-state index in [4.69, 9.17) is 16.1 Å². The number of aromatic nitrogens is 1. The van der Waals surface area contributed by atoms with Gasteiger partial charge in [0.15, 0.2) is 5.84 Å². The van der Waals surface area contributed by atoms with Crippen LogP contribution in [0.3, 0.4) is 0 Å². The molecule has 1 saturated heterocycles. The van der Waals surface area contributed by atoms with Gasteiger partial charge in [-0.2, -0.15) is 0 Å². The predicted molar refractivity (Wildman–Crippen MR) is 173 cm³/mol. The van der Waals surface area contributed by atoms with Crippen molar-refractivity contribution >= 4 is 40.6 Å². The van der Waals surface area contributed by atoms with Crippen molar-refractivity contribution in [1.29, 1.82) is 0 Å². The number of aliphatic imine (C=N–C) groups is 1. The summed E-state index contributed by atoms with van der Waals surface area (Å²) in [4.78, 5) is 32.4.